The molecule has 1 N–H and O–H groups in total. The highest BCUT2D eigenvalue weighted by atomic mass is 35.5. The summed E-state index contributed by atoms with van der Waals surface area (Å²) in [7, 11) is 0. The Morgan fingerprint density at radius 1 is 1.28 bits per heavy atom. The van der Waals surface area contributed by atoms with Crippen molar-refractivity contribution in [1.29, 1.82) is 0 Å². The van der Waals surface area contributed by atoms with Crippen LogP contribution in [0.3, 0.4) is 0 Å². The van der Waals surface area contributed by atoms with Gasteiger partial charge in [-0.15, -0.1) is 11.8 Å². The number of rotatable bonds is 5. The predicted molar refractivity (Wildman–Crippen MR) is 81.6 cm³/mol. The number of hydrogen-bond donors (Lipinski definition) is 1. The van der Waals surface area contributed by atoms with E-state index in [1.165, 1.54) is 42.6 Å². The normalized spacial score (nSPS) is 17.0. The molecule has 2 rings (SSSR count). The summed E-state index contributed by atoms with van der Waals surface area (Å²) < 4.78 is 0. The second-order valence-corrected chi connectivity index (χ2v) is 6.69. The van der Waals surface area contributed by atoms with Crippen LogP contribution in [-0.2, 0) is 6.54 Å². The molecule has 1 nitrogen and oxygen atoms in total. The SMILES string of the molecule is CCNCc1ccc(Cl)cc1SC1CCCCC1. The minimum Gasteiger partial charge on any atom is -0.313 e. The molecule has 0 atom stereocenters. The Morgan fingerprint density at radius 2 is 2.06 bits per heavy atom. The molecule has 0 aliphatic heterocycles. The highest BCUT2D eigenvalue weighted by molar-refractivity contribution is 8.00. The summed E-state index contributed by atoms with van der Waals surface area (Å²) in [6.07, 6.45) is 6.91. The van der Waals surface area contributed by atoms with E-state index >= 15 is 0 Å². The number of hydrogen-bond acceptors (Lipinski definition) is 2. The highest BCUT2D eigenvalue weighted by Crippen LogP contribution is 2.36. The Hall–Kier alpha value is -0.180. The van der Waals surface area contributed by atoms with Gasteiger partial charge in [-0.3, -0.25) is 0 Å². The largest absolute Gasteiger partial charge is 0.313 e. The fourth-order valence-corrected chi connectivity index (χ4v) is 4.06. The van der Waals surface area contributed by atoms with Crippen molar-refractivity contribution in [2.24, 2.45) is 0 Å². The lowest BCUT2D eigenvalue weighted by Gasteiger charge is -2.22. The molecule has 0 bridgehead atoms. The van der Waals surface area contributed by atoms with Crippen LogP contribution in [-0.4, -0.2) is 11.8 Å². The van der Waals surface area contributed by atoms with Crippen LogP contribution in [0.25, 0.3) is 0 Å². The molecule has 1 aromatic rings. The molecule has 0 amide bonds. The summed E-state index contributed by atoms with van der Waals surface area (Å²) in [6, 6.07) is 6.29. The third kappa shape index (κ3) is 4.18. The summed E-state index contributed by atoms with van der Waals surface area (Å²) in [5.41, 5.74) is 1.39. The Morgan fingerprint density at radius 3 is 2.78 bits per heavy atom. The summed E-state index contributed by atoms with van der Waals surface area (Å²) in [5.74, 6) is 0. The Kier molecular flexibility index (Phi) is 5.87. The van der Waals surface area contributed by atoms with Crippen molar-refractivity contribution in [3.8, 4) is 0 Å². The van der Waals surface area contributed by atoms with Crippen molar-refractivity contribution in [3.05, 3.63) is 28.8 Å². The zero-order chi connectivity index (χ0) is 12.8. The van der Waals surface area contributed by atoms with Crippen molar-refractivity contribution in [2.75, 3.05) is 6.54 Å². The maximum absolute atomic E-state index is 6.13. The van der Waals surface area contributed by atoms with E-state index in [1.807, 2.05) is 17.8 Å². The number of benzene rings is 1. The average Bonchev–Trinajstić information content (AvgIpc) is 2.39. The lowest BCUT2D eigenvalue weighted by Crippen LogP contribution is -2.13. The van der Waals surface area contributed by atoms with Gasteiger partial charge >= 0.3 is 0 Å². The molecule has 3 heteroatoms. The van der Waals surface area contributed by atoms with Gasteiger partial charge in [0.05, 0.1) is 0 Å². The van der Waals surface area contributed by atoms with Crippen LogP contribution in [0.4, 0.5) is 0 Å². The van der Waals surface area contributed by atoms with Crippen LogP contribution in [0.15, 0.2) is 23.1 Å². The van der Waals surface area contributed by atoms with E-state index in [0.29, 0.717) is 0 Å². The number of halogens is 1. The van der Waals surface area contributed by atoms with Gasteiger partial charge in [-0.25, -0.2) is 0 Å². The fourth-order valence-electron chi connectivity index (χ4n) is 2.41. The van der Waals surface area contributed by atoms with E-state index in [1.54, 1.807) is 0 Å². The van der Waals surface area contributed by atoms with Crippen molar-refractivity contribution in [3.63, 3.8) is 0 Å². The van der Waals surface area contributed by atoms with E-state index in [2.05, 4.69) is 24.4 Å². The van der Waals surface area contributed by atoms with E-state index in [9.17, 15) is 0 Å². The molecule has 1 aliphatic rings. The van der Waals surface area contributed by atoms with Crippen LogP contribution in [0.2, 0.25) is 5.02 Å². The highest BCUT2D eigenvalue weighted by Gasteiger charge is 2.16. The minimum atomic E-state index is 0.789. The maximum Gasteiger partial charge on any atom is 0.0417 e. The Balaban J connectivity index is 2.05. The molecule has 18 heavy (non-hydrogen) atoms. The van der Waals surface area contributed by atoms with Crippen molar-refractivity contribution >= 4 is 23.4 Å². The zero-order valence-electron chi connectivity index (χ0n) is 11.0. The van der Waals surface area contributed by atoms with Gasteiger partial charge in [-0.05, 0) is 37.1 Å². The van der Waals surface area contributed by atoms with Crippen LogP contribution >= 0.6 is 23.4 Å². The number of thioether (sulfide) groups is 1. The summed E-state index contributed by atoms with van der Waals surface area (Å²) in [6.45, 7) is 4.10. The molecule has 1 aliphatic carbocycles. The first-order valence-corrected chi connectivity index (χ1v) is 8.21. The predicted octanol–water partition coefficient (Wildman–Crippen LogP) is 4.87. The first kappa shape index (κ1) is 14.2. The Labute approximate surface area is 120 Å². The van der Waals surface area contributed by atoms with Crippen LogP contribution in [0, 0.1) is 0 Å². The zero-order valence-corrected chi connectivity index (χ0v) is 12.6. The van der Waals surface area contributed by atoms with Crippen molar-refractivity contribution < 1.29 is 0 Å². The van der Waals surface area contributed by atoms with Crippen LogP contribution in [0.1, 0.15) is 44.6 Å². The van der Waals surface area contributed by atoms with Gasteiger partial charge in [0, 0.05) is 21.7 Å². The third-order valence-electron chi connectivity index (χ3n) is 3.44. The first-order valence-electron chi connectivity index (χ1n) is 6.95. The van der Waals surface area contributed by atoms with E-state index in [0.717, 1.165) is 23.4 Å². The average molecular weight is 284 g/mol. The second kappa shape index (κ2) is 7.42. The molecule has 0 radical (unpaired) electrons. The first-order chi connectivity index (χ1) is 8.79. The molecular weight excluding hydrogens is 262 g/mol. The Bertz CT molecular complexity index is 375. The molecule has 1 aromatic carbocycles. The van der Waals surface area contributed by atoms with Gasteiger partial charge < -0.3 is 5.32 Å². The van der Waals surface area contributed by atoms with E-state index in [4.69, 9.17) is 11.6 Å². The van der Waals surface area contributed by atoms with E-state index < -0.39 is 0 Å². The lowest BCUT2D eigenvalue weighted by molar-refractivity contribution is 0.516. The smallest absolute Gasteiger partial charge is 0.0417 e. The maximum atomic E-state index is 6.13. The molecule has 1 fully saturated rings. The van der Waals surface area contributed by atoms with Crippen molar-refractivity contribution in [2.45, 2.75) is 55.7 Å². The van der Waals surface area contributed by atoms with Crippen molar-refractivity contribution in [1.82, 2.24) is 5.32 Å². The standard InChI is InChI=1S/C15H22ClNS/c1-2-17-11-12-8-9-13(16)10-15(12)18-14-6-4-3-5-7-14/h8-10,14,17H,2-7,11H2,1H3. The number of nitrogens with one attached hydrogen (secondary N) is 1. The molecule has 1 saturated carbocycles. The topological polar surface area (TPSA) is 12.0 Å². The molecule has 100 valence electrons. The summed E-state index contributed by atoms with van der Waals surface area (Å²) >= 11 is 8.17. The quantitative estimate of drug-likeness (QED) is 0.827. The second-order valence-electron chi connectivity index (χ2n) is 4.91. The third-order valence-corrected chi connectivity index (χ3v) is 5.11. The monoisotopic (exact) mass is 283 g/mol. The molecule has 0 spiro atoms. The molecule has 0 aromatic heterocycles. The molecule has 0 heterocycles. The van der Waals surface area contributed by atoms with Gasteiger partial charge in [-0.2, -0.15) is 0 Å². The van der Waals surface area contributed by atoms with Crippen LogP contribution < -0.4 is 5.32 Å². The van der Waals surface area contributed by atoms with Crippen LogP contribution in [0.5, 0.6) is 0 Å². The van der Waals surface area contributed by atoms with Gasteiger partial charge in [-0.1, -0.05) is 43.9 Å². The lowest BCUT2D eigenvalue weighted by atomic mass is 10.0. The molecule has 0 saturated heterocycles. The minimum absolute atomic E-state index is 0.789. The summed E-state index contributed by atoms with van der Waals surface area (Å²) in [4.78, 5) is 1.37. The van der Waals surface area contributed by atoms with Gasteiger partial charge in [0.15, 0.2) is 0 Å². The molecule has 0 unspecified atom stereocenters. The summed E-state index contributed by atoms with van der Waals surface area (Å²) in [5, 5.41) is 5.05. The van der Waals surface area contributed by atoms with Gasteiger partial charge in [0.2, 0.25) is 0 Å². The fraction of sp³-hybridized carbons (Fsp3) is 0.600. The van der Waals surface area contributed by atoms with Gasteiger partial charge in [0.25, 0.3) is 0 Å². The molecular formula is C15H22ClNS. The van der Waals surface area contributed by atoms with Gasteiger partial charge in [0.1, 0.15) is 0 Å². The van der Waals surface area contributed by atoms with E-state index in [-0.39, 0.29) is 0 Å².